The molecule has 4 aromatic rings. The van der Waals surface area contributed by atoms with E-state index in [2.05, 4.69) is 115 Å². The maximum atomic E-state index is 13.6. The molecule has 3 aliphatic rings. The molecule has 0 aromatic heterocycles. The number of fused-ring (bicyclic) bond motifs is 3. The van der Waals surface area contributed by atoms with Crippen molar-refractivity contribution in [1.29, 1.82) is 0 Å². The van der Waals surface area contributed by atoms with Crippen molar-refractivity contribution in [2.24, 2.45) is 0 Å². The molecular formula is C54H67N5O8S2. The molecule has 3 N–H and O–H groups in total. The highest BCUT2D eigenvalue weighted by molar-refractivity contribution is 7.89. The number of nitrogens with zero attached hydrogens (tertiary/aromatic N) is 2. The Morgan fingerprint density at radius 3 is 2.14 bits per heavy atom. The molecule has 69 heavy (non-hydrogen) atoms. The van der Waals surface area contributed by atoms with Gasteiger partial charge in [-0.05, 0) is 121 Å². The van der Waals surface area contributed by atoms with Gasteiger partial charge in [-0.25, -0.2) is 26.1 Å². The minimum absolute atomic E-state index is 0.0635. The number of carbonyl (C=O) groups is 1. The first-order valence-corrected chi connectivity index (χ1v) is 27.2. The second kappa shape index (κ2) is 22.1. The van der Waals surface area contributed by atoms with E-state index in [0.717, 1.165) is 68.2 Å². The van der Waals surface area contributed by atoms with E-state index in [4.69, 9.17) is 9.15 Å². The average molecular weight is 978 g/mol. The summed E-state index contributed by atoms with van der Waals surface area (Å²) in [6.07, 6.45) is 3.58. The van der Waals surface area contributed by atoms with E-state index in [0.29, 0.717) is 66.6 Å². The SMILES string of the molecule is CCN(CC)c1ccc2c(-c3ccc(S(=O)(=O)NCCCCCC(=O)NCCNCCCC4(c5ccccc5)OC(C)(C)c5ccccc54)cc3S(=O)(=O)[O-])c3ccc(=[N+](CC)CC)cc-3oc2c1. The molecule has 0 radical (unpaired) electrons. The molecule has 7 rings (SSSR count). The number of amides is 1. The number of rotatable bonds is 23. The Balaban J connectivity index is 0.930. The summed E-state index contributed by atoms with van der Waals surface area (Å²) in [6, 6.07) is 33.9. The number of hydrogen-bond donors (Lipinski definition) is 3. The summed E-state index contributed by atoms with van der Waals surface area (Å²) < 4.78 is 84.4. The fourth-order valence-corrected chi connectivity index (χ4v) is 11.7. The summed E-state index contributed by atoms with van der Waals surface area (Å²) in [6.45, 7) is 17.4. The fourth-order valence-electron chi connectivity index (χ4n) is 9.81. The van der Waals surface area contributed by atoms with Crippen LogP contribution < -0.4 is 30.2 Å². The third kappa shape index (κ3) is 11.5. The van der Waals surface area contributed by atoms with Gasteiger partial charge in [0.15, 0.2) is 0 Å². The number of benzene rings is 5. The van der Waals surface area contributed by atoms with Crippen LogP contribution in [-0.2, 0) is 40.9 Å². The van der Waals surface area contributed by atoms with Gasteiger partial charge in [-0.2, -0.15) is 0 Å². The molecule has 0 fully saturated rings. The molecule has 0 spiro atoms. The van der Waals surface area contributed by atoms with E-state index in [1.54, 1.807) is 0 Å². The lowest BCUT2D eigenvalue weighted by Gasteiger charge is -2.33. The molecule has 0 saturated heterocycles. The standard InChI is InChI=1S/C54H67N5O8S2/c1-7-58(8-2)40-25-28-43-48(36-40)66-49-37-41(59(9-3)10-4)26-29-44(49)52(43)45-30-27-42(38-50(45)69(63,64)65)68(61,62)57-33-18-12-15-24-51(60)56-35-34-55-32-19-31-54(39-20-13-11-14-21-39)47-23-17-16-22-46(47)53(5,6)67-54/h11,13-14,16-17,20-23,25-30,36-38,55,57H,7-10,12,15,18-19,24,31-35H2,1-6H3,(H-,56,60,63,64,65). The Kier molecular flexibility index (Phi) is 16.5. The van der Waals surface area contributed by atoms with Gasteiger partial charge in [0, 0.05) is 79.0 Å². The van der Waals surface area contributed by atoms with Crippen molar-refractivity contribution < 1.29 is 35.3 Å². The van der Waals surface area contributed by atoms with Gasteiger partial charge in [-0.1, -0.05) is 67.1 Å². The van der Waals surface area contributed by atoms with Crippen molar-refractivity contribution in [2.45, 2.75) is 101 Å². The van der Waals surface area contributed by atoms with Crippen LogP contribution in [0, 0.1) is 0 Å². The first-order valence-electron chi connectivity index (χ1n) is 24.3. The number of anilines is 1. The monoisotopic (exact) mass is 977 g/mol. The molecular weight excluding hydrogens is 911 g/mol. The quantitative estimate of drug-likeness (QED) is 0.0245. The topological polar surface area (TPSA) is 173 Å². The molecule has 13 nitrogen and oxygen atoms in total. The Morgan fingerprint density at radius 2 is 1.43 bits per heavy atom. The molecule has 1 atom stereocenters. The maximum Gasteiger partial charge on any atom is 0.240 e. The number of carbonyl (C=O) groups excluding carboxylic acids is 1. The Morgan fingerprint density at radius 1 is 0.725 bits per heavy atom. The number of unbranched alkanes of at least 4 members (excludes halogenated alkanes) is 2. The van der Waals surface area contributed by atoms with Crippen LogP contribution in [0.5, 0.6) is 0 Å². The van der Waals surface area contributed by atoms with Crippen LogP contribution >= 0.6 is 0 Å². The lowest BCUT2D eigenvalue weighted by molar-refractivity contribution is -0.121. The maximum absolute atomic E-state index is 13.6. The van der Waals surface area contributed by atoms with Crippen molar-refractivity contribution in [1.82, 2.24) is 19.9 Å². The van der Waals surface area contributed by atoms with E-state index in [1.807, 2.05) is 42.5 Å². The van der Waals surface area contributed by atoms with Gasteiger partial charge in [-0.3, -0.25) is 4.79 Å². The Hall–Kier alpha value is -5.42. The lowest BCUT2D eigenvalue weighted by Crippen LogP contribution is -2.34. The number of sulfonamides is 1. The van der Waals surface area contributed by atoms with Crippen LogP contribution in [0.4, 0.5) is 5.69 Å². The lowest BCUT2D eigenvalue weighted by atomic mass is 9.81. The van der Waals surface area contributed by atoms with Gasteiger partial charge >= 0.3 is 0 Å². The van der Waals surface area contributed by atoms with Crippen LogP contribution in [0.3, 0.4) is 0 Å². The summed E-state index contributed by atoms with van der Waals surface area (Å²) in [5.74, 6) is 0.414. The van der Waals surface area contributed by atoms with Crippen molar-refractivity contribution in [3.63, 3.8) is 0 Å². The van der Waals surface area contributed by atoms with Crippen molar-refractivity contribution in [3.8, 4) is 22.5 Å². The van der Waals surface area contributed by atoms with Crippen molar-refractivity contribution >= 4 is 42.7 Å². The summed E-state index contributed by atoms with van der Waals surface area (Å²) in [7, 11) is -9.39. The van der Waals surface area contributed by atoms with Crippen molar-refractivity contribution in [2.75, 3.05) is 57.3 Å². The zero-order chi connectivity index (χ0) is 49.4. The fraction of sp³-hybridized carbons (Fsp3) is 0.407. The van der Waals surface area contributed by atoms with E-state index in [1.165, 1.54) is 23.3 Å². The number of ether oxygens (including phenoxy) is 1. The van der Waals surface area contributed by atoms with Crippen LogP contribution in [0.25, 0.3) is 33.4 Å². The van der Waals surface area contributed by atoms with Gasteiger partial charge in [0.25, 0.3) is 0 Å². The second-order valence-corrected chi connectivity index (χ2v) is 21.2. The van der Waals surface area contributed by atoms with Gasteiger partial charge in [0.05, 0.1) is 21.5 Å². The highest BCUT2D eigenvalue weighted by Gasteiger charge is 2.49. The molecule has 368 valence electrons. The molecule has 0 saturated carbocycles. The number of hydrogen-bond acceptors (Lipinski definition) is 10. The van der Waals surface area contributed by atoms with Gasteiger partial charge in [-0.15, -0.1) is 0 Å². The van der Waals surface area contributed by atoms with Crippen LogP contribution in [0.2, 0.25) is 0 Å². The average Bonchev–Trinajstić information content (AvgIpc) is 3.58. The minimum Gasteiger partial charge on any atom is -0.744 e. The molecule has 15 heteroatoms. The van der Waals surface area contributed by atoms with Crippen molar-refractivity contribution in [3.05, 3.63) is 131 Å². The third-order valence-corrected chi connectivity index (χ3v) is 15.6. The molecule has 4 aromatic carbocycles. The van der Waals surface area contributed by atoms with Crippen LogP contribution in [0.15, 0.2) is 123 Å². The van der Waals surface area contributed by atoms with Gasteiger partial charge < -0.3 is 29.2 Å². The Labute approximate surface area is 408 Å². The van der Waals surface area contributed by atoms with Gasteiger partial charge in [0.1, 0.15) is 40.2 Å². The third-order valence-electron chi connectivity index (χ3n) is 13.3. The van der Waals surface area contributed by atoms with Gasteiger partial charge in [0.2, 0.25) is 21.3 Å². The summed E-state index contributed by atoms with van der Waals surface area (Å²) in [5, 5.41) is 7.91. The minimum atomic E-state index is -5.18. The predicted molar refractivity (Wildman–Crippen MR) is 273 cm³/mol. The summed E-state index contributed by atoms with van der Waals surface area (Å²) in [4.78, 5) is 13.8. The van der Waals surface area contributed by atoms with Crippen LogP contribution in [-0.4, -0.2) is 79.7 Å². The first-order chi connectivity index (χ1) is 33.1. The summed E-state index contributed by atoms with van der Waals surface area (Å²) in [5.41, 5.74) is 5.13. The normalized spacial score (nSPS) is 15.6. The molecule has 1 aliphatic carbocycles. The number of nitrogens with one attached hydrogen (secondary N) is 3. The summed E-state index contributed by atoms with van der Waals surface area (Å²) >= 11 is 0. The van der Waals surface area contributed by atoms with E-state index < -0.39 is 36.2 Å². The highest BCUT2D eigenvalue weighted by atomic mass is 32.2. The predicted octanol–water partition coefficient (Wildman–Crippen LogP) is 8.30. The Bertz CT molecular complexity index is 3020. The first kappa shape index (κ1) is 51.4. The smallest absolute Gasteiger partial charge is 0.240 e. The molecule has 2 aliphatic heterocycles. The van der Waals surface area contributed by atoms with E-state index >= 15 is 0 Å². The molecule has 0 bridgehead atoms. The van der Waals surface area contributed by atoms with Crippen LogP contribution in [0.1, 0.15) is 96.8 Å². The molecule has 2 heterocycles. The second-order valence-electron chi connectivity index (χ2n) is 18.1. The zero-order valence-corrected chi connectivity index (χ0v) is 42.4. The molecule has 1 unspecified atom stereocenters. The molecule has 1 amide bonds. The largest absolute Gasteiger partial charge is 0.744 e. The highest BCUT2D eigenvalue weighted by Crippen LogP contribution is 2.52. The van der Waals surface area contributed by atoms with E-state index in [9.17, 15) is 26.2 Å². The van der Waals surface area contributed by atoms with E-state index in [-0.39, 0.29) is 22.9 Å². The zero-order valence-electron chi connectivity index (χ0n) is 40.8.